The van der Waals surface area contributed by atoms with E-state index in [4.69, 9.17) is 0 Å². The molecule has 26 heavy (non-hydrogen) atoms. The number of halogens is 1. The number of nitrogens with zero attached hydrogens (tertiary/aromatic N) is 2. The molecule has 0 atom stereocenters. The van der Waals surface area contributed by atoms with Gasteiger partial charge in [0.05, 0.1) is 0 Å². The molecule has 0 unspecified atom stereocenters. The van der Waals surface area contributed by atoms with E-state index in [-0.39, 0.29) is 5.95 Å². The van der Waals surface area contributed by atoms with Gasteiger partial charge in [-0.3, -0.25) is 0 Å². The first-order valence-electron chi connectivity index (χ1n) is 8.80. The summed E-state index contributed by atoms with van der Waals surface area (Å²) in [6.07, 6.45) is 5.73. The Morgan fingerprint density at radius 2 is 1.81 bits per heavy atom. The molecule has 0 aliphatic heterocycles. The Morgan fingerprint density at radius 1 is 0.962 bits per heavy atom. The Hall–Kier alpha value is -3.01. The second-order valence-corrected chi connectivity index (χ2v) is 6.63. The van der Waals surface area contributed by atoms with Crippen LogP contribution >= 0.6 is 0 Å². The van der Waals surface area contributed by atoms with Crippen LogP contribution in [0.25, 0.3) is 11.0 Å². The number of aryl methyl sites for hydroxylation is 3. The van der Waals surface area contributed by atoms with Crippen LogP contribution in [0.15, 0.2) is 60.9 Å². The molecule has 3 aromatic heterocycles. The summed E-state index contributed by atoms with van der Waals surface area (Å²) < 4.78 is 14.5. The number of aromatic amines is 1. The molecule has 0 spiro atoms. The third-order valence-corrected chi connectivity index (χ3v) is 4.69. The van der Waals surface area contributed by atoms with Gasteiger partial charge in [-0.1, -0.05) is 35.9 Å². The van der Waals surface area contributed by atoms with Crippen molar-refractivity contribution >= 4 is 11.0 Å². The molecule has 0 aliphatic carbocycles. The van der Waals surface area contributed by atoms with Gasteiger partial charge in [-0.15, -0.1) is 0 Å². The van der Waals surface area contributed by atoms with Crippen molar-refractivity contribution in [1.29, 1.82) is 0 Å². The second-order valence-electron chi connectivity index (χ2n) is 6.63. The number of hydrogen-bond donors (Lipinski definition) is 1. The fourth-order valence-corrected chi connectivity index (χ4v) is 3.16. The third kappa shape index (κ3) is 3.49. The van der Waals surface area contributed by atoms with Crippen molar-refractivity contribution in [3.05, 3.63) is 94.8 Å². The predicted octanol–water partition coefficient (Wildman–Crippen LogP) is 4.78. The first-order valence-corrected chi connectivity index (χ1v) is 8.80. The van der Waals surface area contributed by atoms with Gasteiger partial charge in [0.1, 0.15) is 5.65 Å². The van der Waals surface area contributed by atoms with E-state index in [9.17, 15) is 4.39 Å². The van der Waals surface area contributed by atoms with Crippen molar-refractivity contribution in [2.75, 3.05) is 0 Å². The lowest BCUT2D eigenvalue weighted by atomic mass is 10.0. The topological polar surface area (TPSA) is 41.6 Å². The molecule has 0 saturated carbocycles. The molecule has 1 aromatic carbocycles. The van der Waals surface area contributed by atoms with Crippen LogP contribution in [0.4, 0.5) is 4.39 Å². The fraction of sp³-hybridized carbons (Fsp3) is 0.182. The van der Waals surface area contributed by atoms with Crippen molar-refractivity contribution in [2.24, 2.45) is 0 Å². The van der Waals surface area contributed by atoms with Crippen LogP contribution in [-0.2, 0) is 19.3 Å². The van der Waals surface area contributed by atoms with Gasteiger partial charge in [-0.25, -0.2) is 9.97 Å². The molecule has 0 radical (unpaired) electrons. The number of benzene rings is 1. The molecule has 130 valence electrons. The lowest BCUT2D eigenvalue weighted by Gasteiger charge is -2.06. The average molecular weight is 345 g/mol. The number of H-pyrrole nitrogens is 1. The highest BCUT2D eigenvalue weighted by molar-refractivity contribution is 5.79. The van der Waals surface area contributed by atoms with Crippen molar-refractivity contribution in [1.82, 2.24) is 15.0 Å². The van der Waals surface area contributed by atoms with Gasteiger partial charge in [0.15, 0.2) is 0 Å². The van der Waals surface area contributed by atoms with Gasteiger partial charge in [-0.2, -0.15) is 4.39 Å². The van der Waals surface area contributed by atoms with Gasteiger partial charge in [0.25, 0.3) is 0 Å². The zero-order chi connectivity index (χ0) is 17.9. The maximum absolute atomic E-state index is 14.5. The number of aromatic nitrogens is 3. The van der Waals surface area contributed by atoms with Gasteiger partial charge in [0.2, 0.25) is 5.95 Å². The van der Waals surface area contributed by atoms with Crippen LogP contribution in [0, 0.1) is 12.9 Å². The summed E-state index contributed by atoms with van der Waals surface area (Å²) in [6, 6.07) is 16.1. The summed E-state index contributed by atoms with van der Waals surface area (Å²) in [5.74, 6) is -0.385. The molecule has 0 saturated heterocycles. The van der Waals surface area contributed by atoms with Crippen LogP contribution in [-0.4, -0.2) is 15.0 Å². The standard InChI is InChI=1S/C22H20FN3/c1-15-4-6-16(7-5-15)8-10-19-11-9-17(21(23)26-19)13-18-14-25-22-20(18)3-2-12-24-22/h2-7,9,11-12,14H,8,10,13H2,1H3,(H,24,25). The molecule has 0 amide bonds. The highest BCUT2D eigenvalue weighted by Gasteiger charge is 2.10. The van der Waals surface area contributed by atoms with Gasteiger partial charge >= 0.3 is 0 Å². The second kappa shape index (κ2) is 7.08. The Balaban J connectivity index is 1.48. The molecule has 4 rings (SSSR count). The maximum Gasteiger partial charge on any atom is 0.216 e. The largest absolute Gasteiger partial charge is 0.346 e. The normalized spacial score (nSPS) is 11.2. The van der Waals surface area contributed by atoms with Gasteiger partial charge in [-0.05, 0) is 49.1 Å². The minimum Gasteiger partial charge on any atom is -0.346 e. The number of pyridine rings is 2. The van der Waals surface area contributed by atoms with Crippen LogP contribution in [0.5, 0.6) is 0 Å². The minimum absolute atomic E-state index is 0.385. The van der Waals surface area contributed by atoms with E-state index < -0.39 is 0 Å². The van der Waals surface area contributed by atoms with Crippen LogP contribution in [0.3, 0.4) is 0 Å². The molecule has 0 bridgehead atoms. The first kappa shape index (κ1) is 16.5. The van der Waals surface area contributed by atoms with Crippen LogP contribution < -0.4 is 0 Å². The minimum atomic E-state index is -0.385. The summed E-state index contributed by atoms with van der Waals surface area (Å²) in [7, 11) is 0. The van der Waals surface area contributed by atoms with Crippen molar-refractivity contribution in [2.45, 2.75) is 26.2 Å². The molecule has 3 heterocycles. The highest BCUT2D eigenvalue weighted by atomic mass is 19.1. The number of hydrogen-bond acceptors (Lipinski definition) is 2. The van der Waals surface area contributed by atoms with Crippen LogP contribution in [0.1, 0.15) is 27.9 Å². The van der Waals surface area contributed by atoms with E-state index in [1.54, 1.807) is 6.20 Å². The Labute approximate surface area is 152 Å². The predicted molar refractivity (Wildman–Crippen MR) is 102 cm³/mol. The molecule has 0 fully saturated rings. The number of nitrogens with one attached hydrogen (secondary N) is 1. The lowest BCUT2D eigenvalue weighted by molar-refractivity contribution is 0.563. The van der Waals surface area contributed by atoms with E-state index in [0.29, 0.717) is 12.0 Å². The molecule has 4 heteroatoms. The molecule has 1 N–H and O–H groups in total. The molecule has 3 nitrogen and oxygen atoms in total. The third-order valence-electron chi connectivity index (χ3n) is 4.69. The quantitative estimate of drug-likeness (QED) is 0.529. The fourth-order valence-electron chi connectivity index (χ4n) is 3.16. The molecule has 4 aromatic rings. The average Bonchev–Trinajstić information content (AvgIpc) is 3.06. The van der Waals surface area contributed by atoms with E-state index in [2.05, 4.69) is 46.1 Å². The van der Waals surface area contributed by atoms with E-state index in [1.165, 1.54) is 11.1 Å². The van der Waals surface area contributed by atoms with Crippen molar-refractivity contribution in [3.63, 3.8) is 0 Å². The Morgan fingerprint density at radius 3 is 2.62 bits per heavy atom. The van der Waals surface area contributed by atoms with Gasteiger partial charge in [0, 0.05) is 35.5 Å². The smallest absolute Gasteiger partial charge is 0.216 e. The Bertz CT molecular complexity index is 1030. The molecular weight excluding hydrogens is 325 g/mol. The SMILES string of the molecule is Cc1ccc(CCc2ccc(Cc3c[nH]c4ncccc34)c(F)n2)cc1. The summed E-state index contributed by atoms with van der Waals surface area (Å²) in [5, 5.41) is 1.02. The highest BCUT2D eigenvalue weighted by Crippen LogP contribution is 2.20. The first-order chi connectivity index (χ1) is 12.7. The Kier molecular flexibility index (Phi) is 4.48. The van der Waals surface area contributed by atoms with E-state index >= 15 is 0 Å². The zero-order valence-electron chi connectivity index (χ0n) is 14.7. The zero-order valence-corrected chi connectivity index (χ0v) is 14.7. The van der Waals surface area contributed by atoms with Gasteiger partial charge < -0.3 is 4.98 Å². The van der Waals surface area contributed by atoms with Crippen molar-refractivity contribution in [3.8, 4) is 0 Å². The summed E-state index contributed by atoms with van der Waals surface area (Å²) in [6.45, 7) is 2.07. The summed E-state index contributed by atoms with van der Waals surface area (Å²) in [4.78, 5) is 11.6. The van der Waals surface area contributed by atoms with Crippen LogP contribution in [0.2, 0.25) is 0 Å². The lowest BCUT2D eigenvalue weighted by Crippen LogP contribution is -2.01. The number of fused-ring (bicyclic) bond motifs is 1. The number of rotatable bonds is 5. The molecule has 0 aliphatic rings. The summed E-state index contributed by atoms with van der Waals surface area (Å²) >= 11 is 0. The van der Waals surface area contributed by atoms with Crippen molar-refractivity contribution < 1.29 is 4.39 Å². The van der Waals surface area contributed by atoms with E-state index in [1.807, 2.05) is 30.5 Å². The summed E-state index contributed by atoms with van der Waals surface area (Å²) in [5.41, 5.74) is 5.73. The monoisotopic (exact) mass is 345 g/mol. The maximum atomic E-state index is 14.5. The van der Waals surface area contributed by atoms with E-state index in [0.717, 1.165) is 35.1 Å². The molecular formula is C22H20FN3.